The Kier molecular flexibility index (Phi) is 4.87. The fourth-order valence-corrected chi connectivity index (χ4v) is 1.49. The molecule has 0 radical (unpaired) electrons. The van der Waals surface area contributed by atoms with Crippen molar-refractivity contribution in [2.24, 2.45) is 0 Å². The highest BCUT2D eigenvalue weighted by Crippen LogP contribution is 2.16. The topological polar surface area (TPSA) is 49.8 Å². The van der Waals surface area contributed by atoms with Crippen LogP contribution in [0.3, 0.4) is 0 Å². The molecule has 0 aliphatic heterocycles. The van der Waals surface area contributed by atoms with Gasteiger partial charge in [-0.1, -0.05) is 6.92 Å². The molecule has 0 bridgehead atoms. The number of hydrogen-bond donors (Lipinski definition) is 2. The monoisotopic (exact) mass is 236 g/mol. The molecule has 0 aliphatic rings. The lowest BCUT2D eigenvalue weighted by Gasteiger charge is -2.23. The first-order valence-corrected chi connectivity index (χ1v) is 6.24. The molecule has 1 heterocycles. The zero-order valence-corrected chi connectivity index (χ0v) is 11.6. The van der Waals surface area contributed by atoms with Crippen molar-refractivity contribution in [3.05, 3.63) is 17.6 Å². The maximum atomic E-state index is 4.48. The van der Waals surface area contributed by atoms with Gasteiger partial charge in [0.2, 0.25) is 0 Å². The van der Waals surface area contributed by atoms with Crippen LogP contribution in [0.1, 0.15) is 45.5 Å². The molecule has 0 fully saturated rings. The van der Waals surface area contributed by atoms with Crippen molar-refractivity contribution in [1.82, 2.24) is 15.3 Å². The molecule has 4 heteroatoms. The summed E-state index contributed by atoms with van der Waals surface area (Å²) in [5.41, 5.74) is 1.14. The van der Waals surface area contributed by atoms with Crippen LogP contribution in [-0.2, 0) is 6.54 Å². The van der Waals surface area contributed by atoms with Crippen LogP contribution in [0.2, 0.25) is 0 Å². The van der Waals surface area contributed by atoms with E-state index in [0.29, 0.717) is 0 Å². The highest BCUT2D eigenvalue weighted by molar-refractivity contribution is 5.44. The molecule has 0 aliphatic carbocycles. The molecular formula is C13H24N4. The molecule has 17 heavy (non-hydrogen) atoms. The Morgan fingerprint density at radius 1 is 1.29 bits per heavy atom. The Bertz CT molecular complexity index is 355. The molecule has 1 rings (SSSR count). The van der Waals surface area contributed by atoms with Crippen molar-refractivity contribution in [3.8, 4) is 0 Å². The standard InChI is InChI=1S/C13H24N4/c1-6-7-14-8-11-9-15-10(2)16-12(11)17-13(3,4)5/h9,14H,6-8H2,1-5H3,(H,15,16,17). The van der Waals surface area contributed by atoms with E-state index in [-0.39, 0.29) is 5.54 Å². The van der Waals surface area contributed by atoms with E-state index in [4.69, 9.17) is 0 Å². The lowest BCUT2D eigenvalue weighted by Crippen LogP contribution is -2.28. The minimum atomic E-state index is 0.0142. The first-order valence-electron chi connectivity index (χ1n) is 6.24. The van der Waals surface area contributed by atoms with Gasteiger partial charge in [0.1, 0.15) is 11.6 Å². The molecule has 96 valence electrons. The van der Waals surface area contributed by atoms with Gasteiger partial charge in [-0.05, 0) is 40.7 Å². The van der Waals surface area contributed by atoms with Gasteiger partial charge in [-0.2, -0.15) is 0 Å². The molecule has 0 unspecified atom stereocenters. The predicted molar refractivity (Wildman–Crippen MR) is 72.1 cm³/mol. The van der Waals surface area contributed by atoms with Crippen LogP contribution in [0.4, 0.5) is 5.82 Å². The summed E-state index contributed by atoms with van der Waals surface area (Å²) in [6, 6.07) is 0. The second kappa shape index (κ2) is 5.96. The summed E-state index contributed by atoms with van der Waals surface area (Å²) < 4.78 is 0. The third-order valence-corrected chi connectivity index (χ3v) is 2.22. The Labute approximate surface area is 104 Å². The molecule has 0 spiro atoms. The van der Waals surface area contributed by atoms with E-state index >= 15 is 0 Å². The van der Waals surface area contributed by atoms with Crippen LogP contribution in [0.15, 0.2) is 6.20 Å². The van der Waals surface area contributed by atoms with Gasteiger partial charge in [-0.25, -0.2) is 9.97 Å². The fourth-order valence-electron chi connectivity index (χ4n) is 1.49. The Morgan fingerprint density at radius 3 is 2.59 bits per heavy atom. The Morgan fingerprint density at radius 2 is 2.00 bits per heavy atom. The summed E-state index contributed by atoms with van der Waals surface area (Å²) in [7, 11) is 0. The number of aryl methyl sites for hydroxylation is 1. The first-order chi connectivity index (χ1) is 7.92. The molecule has 0 saturated heterocycles. The lowest BCUT2D eigenvalue weighted by atomic mass is 10.1. The van der Waals surface area contributed by atoms with Crippen molar-refractivity contribution in [2.45, 2.75) is 53.1 Å². The van der Waals surface area contributed by atoms with E-state index in [0.717, 1.165) is 36.7 Å². The SMILES string of the molecule is CCCNCc1cnc(C)nc1NC(C)(C)C. The van der Waals surface area contributed by atoms with Crippen molar-refractivity contribution in [2.75, 3.05) is 11.9 Å². The molecule has 0 amide bonds. The highest BCUT2D eigenvalue weighted by atomic mass is 15.1. The van der Waals surface area contributed by atoms with Crippen LogP contribution >= 0.6 is 0 Å². The normalized spacial score (nSPS) is 11.6. The molecular weight excluding hydrogens is 212 g/mol. The third-order valence-electron chi connectivity index (χ3n) is 2.22. The van der Waals surface area contributed by atoms with Crippen LogP contribution in [0.5, 0.6) is 0 Å². The minimum Gasteiger partial charge on any atom is -0.365 e. The average molecular weight is 236 g/mol. The van der Waals surface area contributed by atoms with Gasteiger partial charge in [0.25, 0.3) is 0 Å². The van der Waals surface area contributed by atoms with Gasteiger partial charge >= 0.3 is 0 Å². The summed E-state index contributed by atoms with van der Waals surface area (Å²) in [6.07, 6.45) is 3.04. The lowest BCUT2D eigenvalue weighted by molar-refractivity contribution is 0.621. The third kappa shape index (κ3) is 5.13. The maximum absolute atomic E-state index is 4.48. The number of aromatic nitrogens is 2. The minimum absolute atomic E-state index is 0.0142. The van der Waals surface area contributed by atoms with Crippen molar-refractivity contribution >= 4 is 5.82 Å². The molecule has 0 atom stereocenters. The summed E-state index contributed by atoms with van der Waals surface area (Å²) >= 11 is 0. The zero-order valence-electron chi connectivity index (χ0n) is 11.6. The zero-order chi connectivity index (χ0) is 12.9. The van der Waals surface area contributed by atoms with Crippen LogP contribution in [-0.4, -0.2) is 22.1 Å². The van der Waals surface area contributed by atoms with Crippen molar-refractivity contribution < 1.29 is 0 Å². The van der Waals surface area contributed by atoms with Crippen molar-refractivity contribution in [3.63, 3.8) is 0 Å². The largest absolute Gasteiger partial charge is 0.365 e. The summed E-state index contributed by atoms with van der Waals surface area (Å²) in [6.45, 7) is 12.3. The van der Waals surface area contributed by atoms with Crippen LogP contribution in [0, 0.1) is 6.92 Å². The van der Waals surface area contributed by atoms with Crippen LogP contribution < -0.4 is 10.6 Å². The second-order valence-electron chi connectivity index (χ2n) is 5.34. The smallest absolute Gasteiger partial charge is 0.134 e. The second-order valence-corrected chi connectivity index (χ2v) is 5.34. The van der Waals surface area contributed by atoms with Crippen molar-refractivity contribution in [1.29, 1.82) is 0 Å². The summed E-state index contributed by atoms with van der Waals surface area (Å²) in [4.78, 5) is 8.73. The van der Waals surface area contributed by atoms with E-state index in [2.05, 4.69) is 48.3 Å². The number of rotatable bonds is 5. The van der Waals surface area contributed by atoms with E-state index in [9.17, 15) is 0 Å². The van der Waals surface area contributed by atoms with Gasteiger partial charge in [0.05, 0.1) is 0 Å². The van der Waals surface area contributed by atoms with Gasteiger partial charge in [-0.3, -0.25) is 0 Å². The molecule has 1 aromatic heterocycles. The Hall–Kier alpha value is -1.16. The molecule has 0 aromatic carbocycles. The van der Waals surface area contributed by atoms with E-state index in [1.54, 1.807) is 0 Å². The predicted octanol–water partition coefficient (Wildman–Crippen LogP) is 2.50. The quantitative estimate of drug-likeness (QED) is 0.771. The van der Waals surface area contributed by atoms with E-state index < -0.39 is 0 Å². The summed E-state index contributed by atoms with van der Waals surface area (Å²) in [5.74, 6) is 1.74. The fraction of sp³-hybridized carbons (Fsp3) is 0.692. The maximum Gasteiger partial charge on any atom is 0.134 e. The Balaban J connectivity index is 2.80. The number of nitrogens with one attached hydrogen (secondary N) is 2. The molecule has 0 saturated carbocycles. The van der Waals surface area contributed by atoms with Gasteiger partial charge in [0, 0.05) is 23.8 Å². The van der Waals surface area contributed by atoms with Gasteiger partial charge in [-0.15, -0.1) is 0 Å². The molecule has 2 N–H and O–H groups in total. The van der Waals surface area contributed by atoms with Gasteiger partial charge < -0.3 is 10.6 Å². The summed E-state index contributed by atoms with van der Waals surface area (Å²) in [5, 5.41) is 6.80. The van der Waals surface area contributed by atoms with E-state index in [1.807, 2.05) is 13.1 Å². The number of anilines is 1. The van der Waals surface area contributed by atoms with Gasteiger partial charge in [0.15, 0.2) is 0 Å². The average Bonchev–Trinajstić information content (AvgIpc) is 2.19. The highest BCUT2D eigenvalue weighted by Gasteiger charge is 2.13. The molecule has 1 aromatic rings. The first kappa shape index (κ1) is 13.9. The van der Waals surface area contributed by atoms with Crippen LogP contribution in [0.25, 0.3) is 0 Å². The molecule has 4 nitrogen and oxygen atoms in total. The van der Waals surface area contributed by atoms with E-state index in [1.165, 1.54) is 0 Å². The number of hydrogen-bond acceptors (Lipinski definition) is 4. The number of nitrogens with zero attached hydrogens (tertiary/aromatic N) is 2.